The molecule has 6 nitrogen and oxygen atoms in total. The average Bonchev–Trinajstić information content (AvgIpc) is 3.42. The van der Waals surface area contributed by atoms with Crippen LogP contribution in [0.5, 0.6) is 0 Å². The molecule has 76 heavy (non-hydrogen) atoms. The molecule has 0 heterocycles. The van der Waals surface area contributed by atoms with E-state index in [0.717, 1.165) is 89.9 Å². The summed E-state index contributed by atoms with van der Waals surface area (Å²) < 4.78 is 16.9. The van der Waals surface area contributed by atoms with E-state index < -0.39 is 6.10 Å². The largest absolute Gasteiger partial charge is 0.462 e. The molecule has 442 valence electrons. The first-order valence-corrected chi connectivity index (χ1v) is 33.3. The molecule has 1 atom stereocenters. The molecule has 0 aliphatic heterocycles. The maximum Gasteiger partial charge on any atom is 0.306 e. The molecule has 0 N–H and O–H groups in total. The summed E-state index contributed by atoms with van der Waals surface area (Å²) in [5.41, 5.74) is 0. The molecule has 0 aliphatic rings. The van der Waals surface area contributed by atoms with Gasteiger partial charge >= 0.3 is 17.9 Å². The van der Waals surface area contributed by atoms with Crippen LogP contribution in [0, 0.1) is 0 Å². The Labute approximate surface area is 472 Å². The summed E-state index contributed by atoms with van der Waals surface area (Å²) in [7, 11) is 0. The molecule has 0 saturated heterocycles. The van der Waals surface area contributed by atoms with E-state index in [-0.39, 0.29) is 31.1 Å². The zero-order valence-electron chi connectivity index (χ0n) is 50.8. The van der Waals surface area contributed by atoms with Gasteiger partial charge in [-0.3, -0.25) is 14.4 Å². The van der Waals surface area contributed by atoms with E-state index in [1.165, 1.54) is 218 Å². The molecule has 0 aromatic carbocycles. The summed E-state index contributed by atoms with van der Waals surface area (Å²) in [5, 5.41) is 0. The van der Waals surface area contributed by atoms with Crippen molar-refractivity contribution in [3.63, 3.8) is 0 Å². The van der Waals surface area contributed by atoms with E-state index in [9.17, 15) is 14.4 Å². The second-order valence-electron chi connectivity index (χ2n) is 22.4. The van der Waals surface area contributed by atoms with Crippen LogP contribution in [-0.2, 0) is 28.6 Å². The number of ether oxygens (including phenoxy) is 3. The third-order valence-electron chi connectivity index (χ3n) is 14.7. The lowest BCUT2D eigenvalue weighted by Gasteiger charge is -2.18. The quantitative estimate of drug-likeness (QED) is 0.0261. The Hall–Kier alpha value is -2.89. The van der Waals surface area contributed by atoms with E-state index in [2.05, 4.69) is 81.5 Å². The summed E-state index contributed by atoms with van der Waals surface area (Å²) in [4.78, 5) is 38.3. The minimum atomic E-state index is -0.779. The van der Waals surface area contributed by atoms with E-state index >= 15 is 0 Å². The van der Waals surface area contributed by atoms with Gasteiger partial charge in [0, 0.05) is 19.3 Å². The van der Waals surface area contributed by atoms with Crippen molar-refractivity contribution < 1.29 is 28.6 Å². The second kappa shape index (κ2) is 64.6. The first kappa shape index (κ1) is 73.1. The number of carbonyl (C=O) groups excluding carboxylic acids is 3. The molecule has 0 aromatic rings. The van der Waals surface area contributed by atoms with Crippen molar-refractivity contribution in [2.24, 2.45) is 0 Å². The Morgan fingerprint density at radius 2 is 0.487 bits per heavy atom. The van der Waals surface area contributed by atoms with Gasteiger partial charge in [0.05, 0.1) is 0 Å². The molecular weight excluding hydrogens is 937 g/mol. The monoisotopic (exact) mass is 1060 g/mol. The molecule has 0 fully saturated rings. The highest BCUT2D eigenvalue weighted by atomic mass is 16.6. The number of allylic oxidation sites excluding steroid dienone is 10. The molecule has 0 saturated carbocycles. The first-order valence-electron chi connectivity index (χ1n) is 33.3. The van der Waals surface area contributed by atoms with Crippen molar-refractivity contribution in [2.75, 3.05) is 13.2 Å². The van der Waals surface area contributed by atoms with E-state index in [1.54, 1.807) is 0 Å². The van der Waals surface area contributed by atoms with Gasteiger partial charge in [-0.25, -0.2) is 0 Å². The maximum absolute atomic E-state index is 12.9. The molecule has 0 spiro atoms. The number of hydrogen-bond donors (Lipinski definition) is 0. The number of rotatable bonds is 61. The summed E-state index contributed by atoms with van der Waals surface area (Å²) in [6.07, 6.45) is 82.3. The fraction of sp³-hybridized carbons (Fsp3) is 0.814. The van der Waals surface area contributed by atoms with Gasteiger partial charge in [0.25, 0.3) is 0 Å². The highest BCUT2D eigenvalue weighted by Crippen LogP contribution is 2.17. The first-order chi connectivity index (χ1) is 37.5. The van der Waals surface area contributed by atoms with Gasteiger partial charge in [-0.05, 0) is 83.5 Å². The lowest BCUT2D eigenvalue weighted by Crippen LogP contribution is -2.30. The fourth-order valence-electron chi connectivity index (χ4n) is 9.70. The Morgan fingerprint density at radius 1 is 0.263 bits per heavy atom. The van der Waals surface area contributed by atoms with Crippen LogP contribution in [0.3, 0.4) is 0 Å². The van der Waals surface area contributed by atoms with Crippen molar-refractivity contribution in [1.29, 1.82) is 0 Å². The van der Waals surface area contributed by atoms with Crippen LogP contribution in [0.2, 0.25) is 0 Å². The van der Waals surface area contributed by atoms with Gasteiger partial charge in [-0.15, -0.1) is 0 Å². The lowest BCUT2D eigenvalue weighted by molar-refractivity contribution is -0.167. The SMILES string of the molecule is CCCC/C=C\C/C=C\CCCCCCCC(=O)OCC(COC(=O)CCCCCCCCCCCCCC/C=C\C/C=C\C/C=C\CCCCCCC)OC(=O)CCCCCCCCCCCCCCCCCCC. The summed E-state index contributed by atoms with van der Waals surface area (Å²) in [6.45, 7) is 6.63. The highest BCUT2D eigenvalue weighted by Gasteiger charge is 2.19. The number of hydrogen-bond acceptors (Lipinski definition) is 6. The second-order valence-corrected chi connectivity index (χ2v) is 22.4. The molecule has 1 unspecified atom stereocenters. The molecular formula is C70H126O6. The molecule has 0 radical (unpaired) electrons. The topological polar surface area (TPSA) is 78.9 Å². The Balaban J connectivity index is 4.27. The summed E-state index contributed by atoms with van der Waals surface area (Å²) in [5.74, 6) is -0.872. The predicted octanol–water partition coefficient (Wildman–Crippen LogP) is 22.7. The summed E-state index contributed by atoms with van der Waals surface area (Å²) in [6, 6.07) is 0. The van der Waals surface area contributed by atoms with Crippen LogP contribution >= 0.6 is 0 Å². The van der Waals surface area contributed by atoms with Gasteiger partial charge in [0.2, 0.25) is 0 Å². The van der Waals surface area contributed by atoms with Crippen LogP contribution in [0.25, 0.3) is 0 Å². The van der Waals surface area contributed by atoms with Crippen molar-refractivity contribution >= 4 is 17.9 Å². The van der Waals surface area contributed by atoms with E-state index in [0.29, 0.717) is 19.3 Å². The van der Waals surface area contributed by atoms with Gasteiger partial charge in [-0.2, -0.15) is 0 Å². The standard InChI is InChI=1S/C70H126O6/c1-4-7-10-13-16-19-22-25-28-30-31-32-33-34-35-36-37-38-39-41-42-45-48-51-54-57-60-63-69(72)75-66-67(65-74-68(71)62-59-56-53-50-47-44-27-24-21-18-15-12-9-6-3)76-70(73)64-61-58-55-52-49-46-43-40-29-26-23-20-17-14-11-8-5-2/h15,18,22,24-25,27,30-31,33-34,67H,4-14,16-17,19-21,23,26,28-29,32,35-66H2,1-3H3/b18-15-,25-22-,27-24-,31-30-,34-33-. The van der Waals surface area contributed by atoms with Gasteiger partial charge in [-0.1, -0.05) is 306 Å². The molecule has 6 heteroatoms. The van der Waals surface area contributed by atoms with E-state index in [4.69, 9.17) is 14.2 Å². The summed E-state index contributed by atoms with van der Waals surface area (Å²) >= 11 is 0. The zero-order valence-corrected chi connectivity index (χ0v) is 50.8. The maximum atomic E-state index is 12.9. The third-order valence-corrected chi connectivity index (χ3v) is 14.7. The van der Waals surface area contributed by atoms with Crippen molar-refractivity contribution in [2.45, 2.75) is 354 Å². The molecule has 0 aromatic heterocycles. The van der Waals surface area contributed by atoms with Crippen LogP contribution in [-0.4, -0.2) is 37.2 Å². The molecule has 0 bridgehead atoms. The van der Waals surface area contributed by atoms with Gasteiger partial charge in [0.1, 0.15) is 13.2 Å². The highest BCUT2D eigenvalue weighted by molar-refractivity contribution is 5.71. The minimum Gasteiger partial charge on any atom is -0.462 e. The number of carbonyl (C=O) groups is 3. The Kier molecular flexibility index (Phi) is 62.2. The Morgan fingerprint density at radius 3 is 0.776 bits per heavy atom. The van der Waals surface area contributed by atoms with Crippen LogP contribution in [0.15, 0.2) is 60.8 Å². The van der Waals surface area contributed by atoms with Crippen molar-refractivity contribution in [3.05, 3.63) is 60.8 Å². The smallest absolute Gasteiger partial charge is 0.306 e. The van der Waals surface area contributed by atoms with Crippen molar-refractivity contribution in [3.8, 4) is 0 Å². The lowest BCUT2D eigenvalue weighted by atomic mass is 10.0. The van der Waals surface area contributed by atoms with Crippen molar-refractivity contribution in [1.82, 2.24) is 0 Å². The zero-order chi connectivity index (χ0) is 55.0. The average molecular weight is 1060 g/mol. The molecule has 0 aliphatic carbocycles. The molecule has 0 rings (SSSR count). The van der Waals surface area contributed by atoms with E-state index in [1.807, 2.05) is 0 Å². The third kappa shape index (κ3) is 62.0. The van der Waals surface area contributed by atoms with Gasteiger partial charge < -0.3 is 14.2 Å². The minimum absolute atomic E-state index is 0.0762. The Bertz CT molecular complexity index is 1360. The van der Waals surface area contributed by atoms with Crippen LogP contribution in [0.4, 0.5) is 0 Å². The predicted molar refractivity (Wildman–Crippen MR) is 330 cm³/mol. The number of unbranched alkanes of at least 4 members (excludes halogenated alkanes) is 40. The normalized spacial score (nSPS) is 12.4. The molecule has 0 amide bonds. The fourth-order valence-corrected chi connectivity index (χ4v) is 9.70. The number of esters is 3. The van der Waals surface area contributed by atoms with Crippen LogP contribution < -0.4 is 0 Å². The van der Waals surface area contributed by atoms with Gasteiger partial charge in [0.15, 0.2) is 6.10 Å². The van der Waals surface area contributed by atoms with Crippen LogP contribution in [0.1, 0.15) is 348 Å².